The van der Waals surface area contributed by atoms with E-state index in [-0.39, 0.29) is 5.75 Å². The van der Waals surface area contributed by atoms with Crippen molar-refractivity contribution in [3.05, 3.63) is 67.8 Å². The third-order valence-corrected chi connectivity index (χ3v) is 2.87. The van der Waals surface area contributed by atoms with E-state index in [1.54, 1.807) is 0 Å². The van der Waals surface area contributed by atoms with Gasteiger partial charge in [0.1, 0.15) is 0 Å². The van der Waals surface area contributed by atoms with E-state index >= 15 is 0 Å². The number of nitro groups is 2. The maximum Gasteiger partial charge on any atom is 0.314 e. The topological polar surface area (TPSA) is 105 Å². The molecule has 8 nitrogen and oxygen atoms in total. The van der Waals surface area contributed by atoms with Crippen LogP contribution in [0.3, 0.4) is 0 Å². The van der Waals surface area contributed by atoms with Crippen LogP contribution in [-0.4, -0.2) is 24.1 Å². The zero-order valence-corrected chi connectivity index (χ0v) is 13.2. The SMILES string of the molecule is COc1c([N+](=O)[O-])ccc(F)c1F.COc1ccc([N+](=O)[O-])c(F)c1F. The average Bonchev–Trinajstić information content (AvgIpc) is 2.59. The first-order valence-corrected chi connectivity index (χ1v) is 6.48. The Morgan fingerprint density at radius 1 is 0.769 bits per heavy atom. The summed E-state index contributed by atoms with van der Waals surface area (Å²) >= 11 is 0. The second-order valence-electron chi connectivity index (χ2n) is 4.34. The molecule has 0 saturated carbocycles. The lowest BCUT2D eigenvalue weighted by Gasteiger charge is -2.02. The van der Waals surface area contributed by atoms with Gasteiger partial charge in [-0.3, -0.25) is 20.2 Å². The quantitative estimate of drug-likeness (QED) is 0.456. The fourth-order valence-corrected chi connectivity index (χ4v) is 1.68. The van der Waals surface area contributed by atoms with Crippen LogP contribution in [0.1, 0.15) is 0 Å². The van der Waals surface area contributed by atoms with Crippen LogP contribution in [0.25, 0.3) is 0 Å². The zero-order chi connectivity index (χ0) is 20.0. The highest BCUT2D eigenvalue weighted by molar-refractivity contribution is 5.47. The van der Waals surface area contributed by atoms with Gasteiger partial charge in [0.2, 0.25) is 23.2 Å². The van der Waals surface area contributed by atoms with Crippen LogP contribution in [0, 0.1) is 43.5 Å². The van der Waals surface area contributed by atoms with Gasteiger partial charge in [-0.05, 0) is 12.1 Å². The summed E-state index contributed by atoms with van der Waals surface area (Å²) in [5.41, 5.74) is -1.50. The zero-order valence-electron chi connectivity index (χ0n) is 13.2. The fourth-order valence-electron chi connectivity index (χ4n) is 1.68. The minimum absolute atomic E-state index is 0.358. The van der Waals surface area contributed by atoms with Crippen LogP contribution in [-0.2, 0) is 0 Å². The van der Waals surface area contributed by atoms with Gasteiger partial charge in [-0.15, -0.1) is 0 Å². The fraction of sp³-hybridized carbons (Fsp3) is 0.143. The Morgan fingerprint density at radius 3 is 1.77 bits per heavy atom. The first kappa shape index (κ1) is 20.6. The largest absolute Gasteiger partial charge is 0.494 e. The van der Waals surface area contributed by atoms with Gasteiger partial charge in [0, 0.05) is 12.1 Å². The number of nitrogens with zero attached hydrogens (tertiary/aromatic N) is 2. The smallest absolute Gasteiger partial charge is 0.314 e. The molecule has 0 radical (unpaired) electrons. The molecule has 0 spiro atoms. The Hall–Kier alpha value is -3.44. The molecule has 140 valence electrons. The second kappa shape index (κ2) is 8.60. The summed E-state index contributed by atoms with van der Waals surface area (Å²) in [4.78, 5) is 18.6. The van der Waals surface area contributed by atoms with E-state index in [0.717, 1.165) is 32.4 Å². The van der Waals surface area contributed by atoms with Gasteiger partial charge in [-0.2, -0.15) is 13.2 Å². The lowest BCUT2D eigenvalue weighted by molar-refractivity contribution is -0.387. The molecular formula is C14H10F4N2O6. The van der Waals surface area contributed by atoms with Crippen molar-refractivity contribution in [2.24, 2.45) is 0 Å². The van der Waals surface area contributed by atoms with Gasteiger partial charge in [-0.25, -0.2) is 4.39 Å². The van der Waals surface area contributed by atoms with E-state index in [0.29, 0.717) is 6.07 Å². The number of methoxy groups -OCH3 is 2. The third kappa shape index (κ3) is 4.34. The summed E-state index contributed by atoms with van der Waals surface area (Å²) in [6, 6.07) is 3.36. The molecule has 0 atom stereocenters. The summed E-state index contributed by atoms with van der Waals surface area (Å²) in [7, 11) is 2.18. The van der Waals surface area contributed by atoms with Crippen molar-refractivity contribution in [1.82, 2.24) is 0 Å². The predicted octanol–water partition coefficient (Wildman–Crippen LogP) is 3.76. The van der Waals surface area contributed by atoms with Crippen molar-refractivity contribution in [1.29, 1.82) is 0 Å². The van der Waals surface area contributed by atoms with Gasteiger partial charge in [0.05, 0.1) is 24.1 Å². The first-order valence-electron chi connectivity index (χ1n) is 6.48. The minimum Gasteiger partial charge on any atom is -0.494 e. The van der Waals surface area contributed by atoms with Crippen LogP contribution >= 0.6 is 0 Å². The number of ether oxygens (including phenoxy) is 2. The normalized spacial score (nSPS) is 9.77. The van der Waals surface area contributed by atoms with Crippen LogP contribution in [0.15, 0.2) is 24.3 Å². The molecule has 0 fully saturated rings. The first-order chi connectivity index (χ1) is 12.1. The van der Waals surface area contributed by atoms with Gasteiger partial charge in [0.25, 0.3) is 0 Å². The van der Waals surface area contributed by atoms with Gasteiger partial charge >= 0.3 is 11.4 Å². The van der Waals surface area contributed by atoms with Crippen molar-refractivity contribution in [3.63, 3.8) is 0 Å². The van der Waals surface area contributed by atoms with Crippen LogP contribution < -0.4 is 9.47 Å². The standard InChI is InChI=1S/2C7H5F2NO3/c1-13-5-3-2-4(10(11)12)6(8)7(5)9;1-13-7-5(10(11)12)3-2-4(8)6(7)9/h2*2-3H,1H3. The number of hydrogen-bond acceptors (Lipinski definition) is 6. The van der Waals surface area contributed by atoms with E-state index in [9.17, 15) is 37.8 Å². The summed E-state index contributed by atoms with van der Waals surface area (Å²) in [6.07, 6.45) is 0. The van der Waals surface area contributed by atoms with E-state index in [4.69, 9.17) is 0 Å². The van der Waals surface area contributed by atoms with Crippen molar-refractivity contribution in [2.75, 3.05) is 14.2 Å². The number of halogens is 4. The highest BCUT2D eigenvalue weighted by atomic mass is 19.2. The molecule has 0 aliphatic heterocycles. The minimum atomic E-state index is -1.51. The summed E-state index contributed by atoms with van der Waals surface area (Å²) < 4.78 is 59.8. The predicted molar refractivity (Wildman–Crippen MR) is 79.1 cm³/mol. The van der Waals surface area contributed by atoms with Crippen LogP contribution in [0.4, 0.5) is 28.9 Å². The van der Waals surface area contributed by atoms with Crippen LogP contribution in [0.5, 0.6) is 11.5 Å². The lowest BCUT2D eigenvalue weighted by Crippen LogP contribution is -1.98. The van der Waals surface area contributed by atoms with Gasteiger partial charge in [0.15, 0.2) is 11.6 Å². The Labute approximate surface area is 142 Å². The molecule has 0 saturated heterocycles. The molecule has 12 heteroatoms. The monoisotopic (exact) mass is 378 g/mol. The van der Waals surface area contributed by atoms with Crippen LogP contribution in [0.2, 0.25) is 0 Å². The number of hydrogen-bond donors (Lipinski definition) is 0. The number of rotatable bonds is 4. The van der Waals surface area contributed by atoms with Crippen molar-refractivity contribution >= 4 is 11.4 Å². The molecule has 0 N–H and O–H groups in total. The summed E-state index contributed by atoms with van der Waals surface area (Å²) in [5, 5.41) is 20.4. The van der Waals surface area contributed by atoms with E-state index in [1.807, 2.05) is 0 Å². The molecule has 0 aliphatic rings. The molecule has 0 amide bonds. The van der Waals surface area contributed by atoms with Crippen molar-refractivity contribution in [2.45, 2.75) is 0 Å². The Balaban J connectivity index is 0.000000260. The number of nitro benzene ring substituents is 2. The highest BCUT2D eigenvalue weighted by Gasteiger charge is 2.22. The maximum absolute atomic E-state index is 12.8. The molecule has 2 rings (SSSR count). The van der Waals surface area contributed by atoms with E-state index in [2.05, 4.69) is 9.47 Å². The summed E-state index contributed by atoms with van der Waals surface area (Å²) in [5.74, 6) is -6.44. The second-order valence-corrected chi connectivity index (χ2v) is 4.34. The van der Waals surface area contributed by atoms with Crippen molar-refractivity contribution in [3.8, 4) is 11.5 Å². The lowest BCUT2D eigenvalue weighted by atomic mass is 10.3. The molecule has 0 unspecified atom stereocenters. The Kier molecular flexibility index (Phi) is 6.81. The van der Waals surface area contributed by atoms with Gasteiger partial charge in [-0.1, -0.05) is 0 Å². The average molecular weight is 378 g/mol. The number of benzene rings is 2. The molecular weight excluding hydrogens is 368 g/mol. The molecule has 2 aromatic rings. The Morgan fingerprint density at radius 2 is 1.31 bits per heavy atom. The summed E-state index contributed by atoms with van der Waals surface area (Å²) in [6.45, 7) is 0. The van der Waals surface area contributed by atoms with Crippen molar-refractivity contribution < 1.29 is 36.9 Å². The maximum atomic E-state index is 12.8. The Bertz CT molecular complexity index is 847. The van der Waals surface area contributed by atoms with Gasteiger partial charge < -0.3 is 9.47 Å². The molecule has 0 aliphatic carbocycles. The molecule has 0 heterocycles. The molecule has 0 bridgehead atoms. The highest BCUT2D eigenvalue weighted by Crippen LogP contribution is 2.30. The van der Waals surface area contributed by atoms with E-state index in [1.165, 1.54) is 0 Å². The molecule has 0 aromatic heterocycles. The molecule has 26 heavy (non-hydrogen) atoms. The van der Waals surface area contributed by atoms with E-state index < -0.39 is 50.2 Å². The molecule has 2 aromatic carbocycles. The third-order valence-electron chi connectivity index (χ3n) is 2.87.